The first kappa shape index (κ1) is 17.4. The van der Waals surface area contributed by atoms with Crippen LogP contribution in [-0.2, 0) is 9.47 Å². The summed E-state index contributed by atoms with van der Waals surface area (Å²) in [5, 5.41) is 0. The molecule has 4 nitrogen and oxygen atoms in total. The van der Waals surface area contributed by atoms with Crippen LogP contribution in [0.3, 0.4) is 0 Å². The highest BCUT2D eigenvalue weighted by Crippen LogP contribution is 2.33. The van der Waals surface area contributed by atoms with E-state index >= 15 is 0 Å². The van der Waals surface area contributed by atoms with Crippen molar-refractivity contribution in [3.05, 3.63) is 19.2 Å². The van der Waals surface area contributed by atoms with Crippen LogP contribution >= 0.6 is 43.2 Å². The average Bonchev–Trinajstić information content (AvgIpc) is 2.83. The van der Waals surface area contributed by atoms with E-state index in [0.717, 1.165) is 45.7 Å². The quantitative estimate of drug-likeness (QED) is 0.629. The van der Waals surface area contributed by atoms with Crippen LogP contribution < -0.4 is 0 Å². The molecule has 1 aliphatic heterocycles. The lowest BCUT2D eigenvalue weighted by atomic mass is 10.1. The third-order valence-electron chi connectivity index (χ3n) is 3.37. The van der Waals surface area contributed by atoms with Crippen LogP contribution in [0.25, 0.3) is 0 Å². The molecule has 0 unspecified atom stereocenters. The van der Waals surface area contributed by atoms with Gasteiger partial charge in [-0.1, -0.05) is 0 Å². The lowest BCUT2D eigenvalue weighted by molar-refractivity contribution is -0.0182. The average molecular weight is 441 g/mol. The van der Waals surface area contributed by atoms with Gasteiger partial charge in [-0.05, 0) is 57.7 Å². The maximum absolute atomic E-state index is 12.4. The Morgan fingerprint density at radius 2 is 2.10 bits per heavy atom. The summed E-state index contributed by atoms with van der Waals surface area (Å²) in [7, 11) is 0. The molecular formula is C14H19Br2NO3S. The Morgan fingerprint density at radius 1 is 1.38 bits per heavy atom. The van der Waals surface area contributed by atoms with Gasteiger partial charge < -0.3 is 14.4 Å². The molecule has 21 heavy (non-hydrogen) atoms. The van der Waals surface area contributed by atoms with E-state index in [4.69, 9.17) is 9.47 Å². The van der Waals surface area contributed by atoms with Crippen LogP contribution in [0.2, 0.25) is 0 Å². The first-order valence-corrected chi connectivity index (χ1v) is 9.45. The number of piperidine rings is 1. The fraction of sp³-hybridized carbons (Fsp3) is 0.643. The van der Waals surface area contributed by atoms with Crippen molar-refractivity contribution in [2.24, 2.45) is 0 Å². The summed E-state index contributed by atoms with van der Waals surface area (Å²) >= 11 is 8.32. The van der Waals surface area contributed by atoms with Gasteiger partial charge in [0.1, 0.15) is 0 Å². The molecule has 0 saturated carbocycles. The van der Waals surface area contributed by atoms with Gasteiger partial charge in [0.25, 0.3) is 5.91 Å². The van der Waals surface area contributed by atoms with Crippen LogP contribution in [0.15, 0.2) is 14.3 Å². The van der Waals surface area contributed by atoms with Crippen LogP contribution in [0.5, 0.6) is 0 Å². The molecule has 2 rings (SSSR count). The molecule has 1 aromatic heterocycles. The van der Waals surface area contributed by atoms with Gasteiger partial charge in [-0.2, -0.15) is 0 Å². The standard InChI is InChI=1S/C14H19Br2NO3S/c1-2-19-7-8-20-10-3-5-17(6-4-10)14(18)12-9-11(15)13(16)21-12/h9-10H,2-8H2,1H3. The smallest absolute Gasteiger partial charge is 0.264 e. The van der Waals surface area contributed by atoms with E-state index in [-0.39, 0.29) is 12.0 Å². The summed E-state index contributed by atoms with van der Waals surface area (Å²) in [6.07, 6.45) is 2.04. The summed E-state index contributed by atoms with van der Waals surface area (Å²) in [6.45, 7) is 5.49. The minimum absolute atomic E-state index is 0.110. The third-order valence-corrected chi connectivity index (χ3v) is 6.61. The van der Waals surface area contributed by atoms with Crippen molar-refractivity contribution in [1.29, 1.82) is 0 Å². The number of hydrogen-bond acceptors (Lipinski definition) is 4. The molecule has 1 aliphatic rings. The third kappa shape index (κ3) is 5.03. The highest BCUT2D eigenvalue weighted by molar-refractivity contribution is 9.13. The monoisotopic (exact) mass is 439 g/mol. The highest BCUT2D eigenvalue weighted by atomic mass is 79.9. The molecule has 0 bridgehead atoms. The Labute approximate surface area is 146 Å². The molecule has 0 N–H and O–H groups in total. The van der Waals surface area contributed by atoms with Crippen molar-refractivity contribution >= 4 is 49.1 Å². The summed E-state index contributed by atoms with van der Waals surface area (Å²) in [6, 6.07) is 1.88. The molecule has 1 aromatic rings. The lowest BCUT2D eigenvalue weighted by Gasteiger charge is -2.31. The maximum Gasteiger partial charge on any atom is 0.264 e. The second kappa shape index (κ2) is 8.62. The van der Waals surface area contributed by atoms with E-state index in [1.807, 2.05) is 17.9 Å². The van der Waals surface area contributed by atoms with Gasteiger partial charge in [-0.3, -0.25) is 4.79 Å². The van der Waals surface area contributed by atoms with Gasteiger partial charge in [0, 0.05) is 24.2 Å². The second-order valence-electron chi connectivity index (χ2n) is 4.79. The van der Waals surface area contributed by atoms with E-state index in [9.17, 15) is 4.79 Å². The van der Waals surface area contributed by atoms with Crippen LogP contribution in [0, 0.1) is 0 Å². The predicted molar refractivity (Wildman–Crippen MR) is 91.1 cm³/mol. The number of ether oxygens (including phenoxy) is 2. The number of likely N-dealkylation sites (tertiary alicyclic amines) is 1. The minimum Gasteiger partial charge on any atom is -0.379 e. The summed E-state index contributed by atoms with van der Waals surface area (Å²) in [5.41, 5.74) is 0. The Bertz CT molecular complexity index is 453. The molecular weight excluding hydrogens is 422 g/mol. The van der Waals surface area contributed by atoms with Gasteiger partial charge in [-0.25, -0.2) is 0 Å². The molecule has 0 aliphatic carbocycles. The van der Waals surface area contributed by atoms with Crippen LogP contribution in [0.1, 0.15) is 29.4 Å². The number of carbonyl (C=O) groups excluding carboxylic acids is 1. The van der Waals surface area contributed by atoms with Crippen molar-refractivity contribution in [3.63, 3.8) is 0 Å². The van der Waals surface area contributed by atoms with Gasteiger partial charge in [0.05, 0.1) is 28.0 Å². The van der Waals surface area contributed by atoms with Gasteiger partial charge in [0.2, 0.25) is 0 Å². The normalized spacial score (nSPS) is 16.4. The summed E-state index contributed by atoms with van der Waals surface area (Å²) < 4.78 is 12.9. The molecule has 0 radical (unpaired) electrons. The van der Waals surface area contributed by atoms with E-state index in [1.165, 1.54) is 11.3 Å². The van der Waals surface area contributed by atoms with E-state index in [1.54, 1.807) is 0 Å². The molecule has 0 aromatic carbocycles. The number of hydrogen-bond donors (Lipinski definition) is 0. The number of amides is 1. The molecule has 0 atom stereocenters. The molecule has 118 valence electrons. The molecule has 0 spiro atoms. The first-order valence-electron chi connectivity index (χ1n) is 7.05. The molecule has 2 heterocycles. The number of nitrogens with zero attached hydrogens (tertiary/aromatic N) is 1. The topological polar surface area (TPSA) is 38.8 Å². The Morgan fingerprint density at radius 3 is 2.67 bits per heavy atom. The Hall–Kier alpha value is 0.0500. The number of carbonyl (C=O) groups is 1. The zero-order chi connectivity index (χ0) is 15.2. The van der Waals surface area contributed by atoms with E-state index < -0.39 is 0 Å². The lowest BCUT2D eigenvalue weighted by Crippen LogP contribution is -2.40. The summed E-state index contributed by atoms with van der Waals surface area (Å²) in [4.78, 5) is 15.1. The maximum atomic E-state index is 12.4. The van der Waals surface area contributed by atoms with Crippen LogP contribution in [-0.4, -0.2) is 49.8 Å². The fourth-order valence-corrected chi connectivity index (χ4v) is 4.25. The van der Waals surface area contributed by atoms with Crippen molar-refractivity contribution in [3.8, 4) is 0 Å². The Balaban J connectivity index is 1.77. The number of halogens is 2. The van der Waals surface area contributed by atoms with Gasteiger partial charge in [0.15, 0.2) is 0 Å². The molecule has 1 amide bonds. The van der Waals surface area contributed by atoms with Crippen molar-refractivity contribution in [2.45, 2.75) is 25.9 Å². The van der Waals surface area contributed by atoms with E-state index in [0.29, 0.717) is 13.2 Å². The van der Waals surface area contributed by atoms with Crippen molar-refractivity contribution in [2.75, 3.05) is 32.9 Å². The molecule has 1 fully saturated rings. The minimum atomic E-state index is 0.110. The predicted octanol–water partition coefficient (Wildman–Crippen LogP) is 3.93. The Kier molecular flexibility index (Phi) is 7.15. The molecule has 1 saturated heterocycles. The zero-order valence-electron chi connectivity index (χ0n) is 11.9. The van der Waals surface area contributed by atoms with Crippen molar-refractivity contribution in [1.82, 2.24) is 4.90 Å². The van der Waals surface area contributed by atoms with E-state index in [2.05, 4.69) is 31.9 Å². The second-order valence-corrected chi connectivity index (χ2v) is 8.02. The van der Waals surface area contributed by atoms with Gasteiger partial charge >= 0.3 is 0 Å². The SMILES string of the molecule is CCOCCOC1CCN(C(=O)c2cc(Br)c(Br)s2)CC1. The first-order chi connectivity index (χ1) is 10.1. The number of rotatable bonds is 6. The van der Waals surface area contributed by atoms with Crippen molar-refractivity contribution < 1.29 is 14.3 Å². The van der Waals surface area contributed by atoms with Crippen LogP contribution in [0.4, 0.5) is 0 Å². The summed E-state index contributed by atoms with van der Waals surface area (Å²) in [5.74, 6) is 0.110. The fourth-order valence-electron chi connectivity index (χ4n) is 2.25. The zero-order valence-corrected chi connectivity index (χ0v) is 15.9. The molecule has 7 heteroatoms. The largest absolute Gasteiger partial charge is 0.379 e. The van der Waals surface area contributed by atoms with Gasteiger partial charge in [-0.15, -0.1) is 11.3 Å². The number of thiophene rings is 1. The highest BCUT2D eigenvalue weighted by Gasteiger charge is 2.25.